The summed E-state index contributed by atoms with van der Waals surface area (Å²) in [5.41, 5.74) is 0. The van der Waals surface area contributed by atoms with Crippen LogP contribution in [0.4, 0.5) is 0 Å². The Kier molecular flexibility index (Phi) is 4.72. The van der Waals surface area contributed by atoms with Crippen molar-refractivity contribution < 1.29 is 5.11 Å². The van der Waals surface area contributed by atoms with Crippen molar-refractivity contribution in [3.8, 4) is 0 Å². The summed E-state index contributed by atoms with van der Waals surface area (Å²) in [5, 5.41) is 7.00. The predicted octanol–water partition coefficient (Wildman–Crippen LogP) is 0.709. The second kappa shape index (κ2) is 4.77. The number of aliphatic hydroxyl groups is 1. The fourth-order valence-corrected chi connectivity index (χ4v) is 1.08. The maximum absolute atomic E-state index is 7.00. The minimum absolute atomic E-state index is 0.847. The molecule has 0 amide bonds. The Morgan fingerprint density at radius 1 is 1.44 bits per heavy atom. The van der Waals surface area contributed by atoms with Crippen LogP contribution in [0, 0.1) is 0 Å². The highest BCUT2D eigenvalue weighted by Gasteiger charge is 2.14. The third-order valence-electron chi connectivity index (χ3n) is 1.89. The predicted molar refractivity (Wildman–Crippen MR) is 39.5 cm³/mol. The zero-order chi connectivity index (χ0) is 7.28. The second-order valence-electron chi connectivity index (χ2n) is 2.47. The SMILES string of the molecule is CC1CCCN1C.CO. The standard InChI is InChI=1S/C6H13N.CH4O/c1-6-4-3-5-7(6)2;1-2/h6H,3-5H2,1-2H3;2H,1H3. The maximum atomic E-state index is 7.00. The average molecular weight is 131 g/mol. The van der Waals surface area contributed by atoms with Gasteiger partial charge in [0.25, 0.3) is 0 Å². The van der Waals surface area contributed by atoms with Gasteiger partial charge in [0.1, 0.15) is 0 Å². The first-order valence-electron chi connectivity index (χ1n) is 3.45. The molecule has 2 nitrogen and oxygen atoms in total. The molecule has 0 saturated carbocycles. The lowest BCUT2D eigenvalue weighted by Gasteiger charge is -2.12. The van der Waals surface area contributed by atoms with E-state index in [0.717, 1.165) is 13.2 Å². The lowest BCUT2D eigenvalue weighted by atomic mass is 10.3. The molecule has 56 valence electrons. The molecule has 0 radical (unpaired) electrons. The molecule has 1 saturated heterocycles. The van der Waals surface area contributed by atoms with E-state index in [0.29, 0.717) is 0 Å². The number of aliphatic hydroxyl groups excluding tert-OH is 1. The van der Waals surface area contributed by atoms with Gasteiger partial charge in [0.2, 0.25) is 0 Å². The Bertz CT molecular complexity index is 57.9. The molecule has 1 aliphatic rings. The molecule has 1 rings (SSSR count). The summed E-state index contributed by atoms with van der Waals surface area (Å²) in [7, 11) is 3.19. The first kappa shape index (κ1) is 8.92. The molecule has 0 aliphatic carbocycles. The van der Waals surface area contributed by atoms with Crippen molar-refractivity contribution in [2.24, 2.45) is 0 Å². The van der Waals surface area contributed by atoms with Crippen LogP contribution in [0.15, 0.2) is 0 Å². The van der Waals surface area contributed by atoms with Crippen LogP contribution < -0.4 is 0 Å². The van der Waals surface area contributed by atoms with Crippen molar-refractivity contribution in [3.05, 3.63) is 0 Å². The fraction of sp³-hybridized carbons (Fsp3) is 1.00. The van der Waals surface area contributed by atoms with E-state index in [4.69, 9.17) is 5.11 Å². The van der Waals surface area contributed by atoms with Gasteiger partial charge in [0.05, 0.1) is 0 Å². The molecule has 1 unspecified atom stereocenters. The second-order valence-corrected chi connectivity index (χ2v) is 2.47. The normalized spacial score (nSPS) is 27.3. The van der Waals surface area contributed by atoms with Crippen LogP contribution >= 0.6 is 0 Å². The molecule has 9 heavy (non-hydrogen) atoms. The average Bonchev–Trinajstić information content (AvgIpc) is 2.23. The van der Waals surface area contributed by atoms with Gasteiger partial charge in [-0.2, -0.15) is 0 Å². The van der Waals surface area contributed by atoms with Crippen molar-refractivity contribution in [2.75, 3.05) is 20.7 Å². The van der Waals surface area contributed by atoms with E-state index < -0.39 is 0 Å². The Morgan fingerprint density at radius 2 is 2.00 bits per heavy atom. The molecule has 1 fully saturated rings. The van der Waals surface area contributed by atoms with Crippen molar-refractivity contribution in [2.45, 2.75) is 25.8 Å². The fourth-order valence-electron chi connectivity index (χ4n) is 1.08. The quantitative estimate of drug-likeness (QED) is 0.523. The van der Waals surface area contributed by atoms with Crippen LogP contribution in [-0.4, -0.2) is 36.8 Å². The van der Waals surface area contributed by atoms with Gasteiger partial charge >= 0.3 is 0 Å². The summed E-state index contributed by atoms with van der Waals surface area (Å²) in [6.07, 6.45) is 2.80. The first-order valence-corrected chi connectivity index (χ1v) is 3.45. The molecule has 1 aliphatic heterocycles. The highest BCUT2D eigenvalue weighted by molar-refractivity contribution is 4.70. The number of likely N-dealkylation sites (tertiary alicyclic amines) is 1. The molecule has 0 aromatic heterocycles. The van der Waals surface area contributed by atoms with Gasteiger partial charge in [-0.3, -0.25) is 0 Å². The molecular formula is C7H17NO. The van der Waals surface area contributed by atoms with Gasteiger partial charge in [-0.05, 0) is 33.4 Å². The van der Waals surface area contributed by atoms with E-state index in [1.165, 1.54) is 19.4 Å². The zero-order valence-electron chi connectivity index (χ0n) is 6.59. The van der Waals surface area contributed by atoms with Crippen LogP contribution in [0.5, 0.6) is 0 Å². The van der Waals surface area contributed by atoms with E-state index in [9.17, 15) is 0 Å². The van der Waals surface area contributed by atoms with Crippen LogP contribution in [0.1, 0.15) is 19.8 Å². The molecule has 1 heterocycles. The number of nitrogens with zero attached hydrogens (tertiary/aromatic N) is 1. The summed E-state index contributed by atoms with van der Waals surface area (Å²) in [5.74, 6) is 0. The summed E-state index contributed by atoms with van der Waals surface area (Å²) in [6, 6.07) is 0.847. The minimum atomic E-state index is 0.847. The maximum Gasteiger partial charge on any atom is 0.0319 e. The summed E-state index contributed by atoms with van der Waals surface area (Å²) < 4.78 is 0. The highest BCUT2D eigenvalue weighted by atomic mass is 16.2. The molecule has 0 aromatic rings. The van der Waals surface area contributed by atoms with Gasteiger partial charge in [-0.1, -0.05) is 0 Å². The Labute approximate surface area is 57.5 Å². The summed E-state index contributed by atoms with van der Waals surface area (Å²) in [4.78, 5) is 2.40. The monoisotopic (exact) mass is 131 g/mol. The Hall–Kier alpha value is -0.0800. The topological polar surface area (TPSA) is 23.5 Å². The van der Waals surface area contributed by atoms with E-state index in [1.807, 2.05) is 0 Å². The van der Waals surface area contributed by atoms with Gasteiger partial charge in [-0.15, -0.1) is 0 Å². The van der Waals surface area contributed by atoms with Crippen molar-refractivity contribution >= 4 is 0 Å². The summed E-state index contributed by atoms with van der Waals surface area (Å²) >= 11 is 0. The van der Waals surface area contributed by atoms with Crippen molar-refractivity contribution in [3.63, 3.8) is 0 Å². The van der Waals surface area contributed by atoms with E-state index >= 15 is 0 Å². The molecule has 1 N–H and O–H groups in total. The first-order chi connectivity index (χ1) is 4.30. The van der Waals surface area contributed by atoms with Crippen molar-refractivity contribution in [1.82, 2.24) is 4.90 Å². The van der Waals surface area contributed by atoms with E-state index in [-0.39, 0.29) is 0 Å². The highest BCUT2D eigenvalue weighted by Crippen LogP contribution is 2.12. The zero-order valence-corrected chi connectivity index (χ0v) is 6.59. The molecule has 1 atom stereocenters. The number of rotatable bonds is 0. The van der Waals surface area contributed by atoms with Crippen LogP contribution in [0.3, 0.4) is 0 Å². The Balaban J connectivity index is 0.000000291. The minimum Gasteiger partial charge on any atom is -0.400 e. The number of hydrogen-bond donors (Lipinski definition) is 1. The van der Waals surface area contributed by atoms with Gasteiger partial charge in [0.15, 0.2) is 0 Å². The van der Waals surface area contributed by atoms with Gasteiger partial charge in [0, 0.05) is 13.2 Å². The molecule has 2 heteroatoms. The number of hydrogen-bond acceptors (Lipinski definition) is 2. The Morgan fingerprint density at radius 3 is 2.11 bits per heavy atom. The lowest BCUT2D eigenvalue weighted by molar-refractivity contribution is 0.331. The molecular weight excluding hydrogens is 114 g/mol. The lowest BCUT2D eigenvalue weighted by Crippen LogP contribution is -2.20. The third kappa shape index (κ3) is 2.82. The van der Waals surface area contributed by atoms with Crippen molar-refractivity contribution in [1.29, 1.82) is 0 Å². The van der Waals surface area contributed by atoms with Crippen LogP contribution in [0.25, 0.3) is 0 Å². The largest absolute Gasteiger partial charge is 0.400 e. The van der Waals surface area contributed by atoms with Crippen LogP contribution in [-0.2, 0) is 0 Å². The van der Waals surface area contributed by atoms with Crippen LogP contribution in [0.2, 0.25) is 0 Å². The summed E-state index contributed by atoms with van der Waals surface area (Å²) in [6.45, 7) is 3.59. The molecule has 0 aromatic carbocycles. The van der Waals surface area contributed by atoms with Gasteiger partial charge < -0.3 is 10.0 Å². The molecule has 0 spiro atoms. The van der Waals surface area contributed by atoms with Gasteiger partial charge in [-0.25, -0.2) is 0 Å². The van der Waals surface area contributed by atoms with E-state index in [2.05, 4.69) is 18.9 Å². The smallest absolute Gasteiger partial charge is 0.0319 e. The van der Waals surface area contributed by atoms with E-state index in [1.54, 1.807) is 0 Å². The third-order valence-corrected chi connectivity index (χ3v) is 1.89. The molecule has 0 bridgehead atoms.